The van der Waals surface area contributed by atoms with Gasteiger partial charge in [-0.3, -0.25) is 4.79 Å². The molecule has 2 heterocycles. The first-order valence-electron chi connectivity index (χ1n) is 9.76. The lowest BCUT2D eigenvalue weighted by Crippen LogP contribution is -2.14. The first kappa shape index (κ1) is 19.2. The van der Waals surface area contributed by atoms with Crippen LogP contribution in [0.1, 0.15) is 0 Å². The van der Waals surface area contributed by atoms with Crippen molar-refractivity contribution >= 4 is 17.2 Å². The van der Waals surface area contributed by atoms with Gasteiger partial charge < -0.3 is 9.72 Å². The number of benzene rings is 3. The van der Waals surface area contributed by atoms with E-state index in [1.54, 1.807) is 13.2 Å². The second-order valence-corrected chi connectivity index (χ2v) is 7.54. The van der Waals surface area contributed by atoms with Crippen LogP contribution in [0.25, 0.3) is 39.3 Å². The number of fused-ring (bicyclic) bond motifs is 1. The number of hydrogen-bond donors (Lipinski definition) is 1. The molecule has 0 atom stereocenters. The largest absolute Gasteiger partial charge is 0.497 e. The van der Waals surface area contributed by atoms with Crippen LogP contribution in [0.5, 0.6) is 5.75 Å². The highest BCUT2D eigenvalue weighted by atomic mass is 35.5. The number of hydrogen-bond acceptors (Lipinski definition) is 3. The lowest BCUT2D eigenvalue weighted by atomic mass is 10.0. The van der Waals surface area contributed by atoms with Gasteiger partial charge in [-0.15, -0.1) is 0 Å². The molecular formula is C25H18ClN3O2. The molecule has 2 aromatic heterocycles. The van der Waals surface area contributed by atoms with Crippen molar-refractivity contribution in [3.05, 3.63) is 100 Å². The third-order valence-electron chi connectivity index (χ3n) is 5.20. The van der Waals surface area contributed by atoms with Crippen molar-refractivity contribution in [2.45, 2.75) is 0 Å². The molecule has 0 unspecified atom stereocenters. The average Bonchev–Trinajstić information content (AvgIpc) is 3.20. The summed E-state index contributed by atoms with van der Waals surface area (Å²) in [5, 5.41) is 5.31. The van der Waals surface area contributed by atoms with Gasteiger partial charge >= 0.3 is 0 Å². The zero-order chi connectivity index (χ0) is 21.4. The van der Waals surface area contributed by atoms with Crippen molar-refractivity contribution < 1.29 is 4.74 Å². The van der Waals surface area contributed by atoms with Gasteiger partial charge in [0.1, 0.15) is 17.1 Å². The van der Waals surface area contributed by atoms with Crippen LogP contribution in [0.3, 0.4) is 0 Å². The van der Waals surface area contributed by atoms with Crippen LogP contribution < -0.4 is 10.3 Å². The lowest BCUT2D eigenvalue weighted by Gasteiger charge is -2.07. The normalized spacial score (nSPS) is 11.0. The van der Waals surface area contributed by atoms with Gasteiger partial charge in [0, 0.05) is 16.7 Å². The molecular weight excluding hydrogens is 410 g/mol. The van der Waals surface area contributed by atoms with E-state index < -0.39 is 0 Å². The number of ether oxygens (including phenoxy) is 1. The first-order valence-corrected chi connectivity index (χ1v) is 10.1. The van der Waals surface area contributed by atoms with Crippen molar-refractivity contribution in [1.29, 1.82) is 0 Å². The number of nitrogens with zero attached hydrogens (tertiary/aromatic N) is 2. The molecule has 0 saturated heterocycles. The molecule has 0 aliphatic heterocycles. The van der Waals surface area contributed by atoms with E-state index in [0.717, 1.165) is 28.0 Å². The monoisotopic (exact) mass is 427 g/mol. The first-order chi connectivity index (χ1) is 15.1. The van der Waals surface area contributed by atoms with E-state index in [1.807, 2.05) is 78.9 Å². The second-order valence-electron chi connectivity index (χ2n) is 7.11. The molecule has 5 rings (SSSR count). The maximum absolute atomic E-state index is 13.0. The number of aromatic nitrogens is 3. The fourth-order valence-electron chi connectivity index (χ4n) is 3.66. The third-order valence-corrected chi connectivity index (χ3v) is 5.45. The minimum atomic E-state index is -0.211. The van der Waals surface area contributed by atoms with Crippen molar-refractivity contribution in [3.63, 3.8) is 0 Å². The fraction of sp³-hybridized carbons (Fsp3) is 0.0400. The molecule has 0 aliphatic carbocycles. The molecule has 31 heavy (non-hydrogen) atoms. The second kappa shape index (κ2) is 7.78. The van der Waals surface area contributed by atoms with E-state index in [2.05, 4.69) is 10.1 Å². The Morgan fingerprint density at radius 2 is 1.55 bits per heavy atom. The number of halogens is 1. The summed E-state index contributed by atoms with van der Waals surface area (Å²) in [6.07, 6.45) is 0. The van der Waals surface area contributed by atoms with E-state index in [1.165, 1.54) is 4.52 Å². The molecule has 0 fully saturated rings. The summed E-state index contributed by atoms with van der Waals surface area (Å²) in [6.45, 7) is 0. The molecule has 0 saturated carbocycles. The van der Waals surface area contributed by atoms with Crippen LogP contribution in [0.2, 0.25) is 5.02 Å². The Kier molecular flexibility index (Phi) is 4.81. The summed E-state index contributed by atoms with van der Waals surface area (Å²) < 4.78 is 6.66. The van der Waals surface area contributed by atoms with Crippen LogP contribution in [0, 0.1) is 0 Å². The molecule has 6 heteroatoms. The summed E-state index contributed by atoms with van der Waals surface area (Å²) in [7, 11) is 1.62. The van der Waals surface area contributed by atoms with Crippen molar-refractivity contribution in [3.8, 4) is 39.4 Å². The molecule has 5 nitrogen and oxygen atoms in total. The van der Waals surface area contributed by atoms with E-state index in [4.69, 9.17) is 16.3 Å². The fourth-order valence-corrected chi connectivity index (χ4v) is 3.78. The van der Waals surface area contributed by atoms with Crippen LogP contribution in [0.15, 0.2) is 89.7 Å². The smallest absolute Gasteiger partial charge is 0.274 e. The predicted molar refractivity (Wildman–Crippen MR) is 124 cm³/mol. The standard InChI is InChI=1S/C25H18ClN3O2/c1-31-20-13-9-16(10-14-20)21-15-22(30)29-25(27-21)23(17-5-3-2-4-6-17)24(28-29)18-7-11-19(26)12-8-18/h2-15,27H,1H3. The highest BCUT2D eigenvalue weighted by molar-refractivity contribution is 6.30. The van der Waals surface area contributed by atoms with Crippen molar-refractivity contribution in [1.82, 2.24) is 14.6 Å². The maximum Gasteiger partial charge on any atom is 0.274 e. The molecule has 3 aromatic carbocycles. The molecule has 5 aromatic rings. The SMILES string of the molecule is COc1ccc(-c2cc(=O)n3nc(-c4ccc(Cl)cc4)c(-c4ccccc4)c3[nH]2)cc1. The lowest BCUT2D eigenvalue weighted by molar-refractivity contribution is 0.415. The number of nitrogens with one attached hydrogen (secondary N) is 1. The summed E-state index contributed by atoms with van der Waals surface area (Å²) in [5.74, 6) is 0.756. The van der Waals surface area contributed by atoms with Crippen molar-refractivity contribution in [2.75, 3.05) is 7.11 Å². The summed E-state index contributed by atoms with van der Waals surface area (Å²) >= 11 is 6.08. The summed E-state index contributed by atoms with van der Waals surface area (Å²) in [5.41, 5.74) is 5.43. The number of aromatic amines is 1. The van der Waals surface area contributed by atoms with Gasteiger partial charge in [0.15, 0.2) is 0 Å². The quantitative estimate of drug-likeness (QED) is 0.401. The molecule has 1 N–H and O–H groups in total. The van der Waals surface area contributed by atoms with Gasteiger partial charge in [-0.2, -0.15) is 9.61 Å². The topological polar surface area (TPSA) is 59.4 Å². The van der Waals surface area contributed by atoms with Gasteiger partial charge in [-0.1, -0.05) is 54.1 Å². The third kappa shape index (κ3) is 3.49. The van der Waals surface area contributed by atoms with Crippen molar-refractivity contribution in [2.24, 2.45) is 0 Å². The Morgan fingerprint density at radius 1 is 0.871 bits per heavy atom. The Morgan fingerprint density at radius 3 is 2.23 bits per heavy atom. The maximum atomic E-state index is 13.0. The molecule has 0 bridgehead atoms. The highest BCUT2D eigenvalue weighted by Crippen LogP contribution is 2.35. The number of rotatable bonds is 4. The van der Waals surface area contributed by atoms with Crippen LogP contribution in [-0.4, -0.2) is 21.7 Å². The molecule has 0 spiro atoms. The molecule has 0 aliphatic rings. The number of H-pyrrole nitrogens is 1. The Balaban J connectivity index is 1.79. The Bertz CT molecular complexity index is 1420. The zero-order valence-electron chi connectivity index (χ0n) is 16.7. The van der Waals surface area contributed by atoms with Gasteiger partial charge in [0.05, 0.1) is 18.4 Å². The summed E-state index contributed by atoms with van der Waals surface area (Å²) in [6, 6.07) is 26.5. The minimum absolute atomic E-state index is 0.211. The van der Waals surface area contributed by atoms with Gasteiger partial charge in [0.25, 0.3) is 5.56 Å². The van der Waals surface area contributed by atoms with E-state index in [9.17, 15) is 4.79 Å². The average molecular weight is 428 g/mol. The van der Waals surface area contributed by atoms with Crippen LogP contribution >= 0.6 is 11.6 Å². The molecule has 152 valence electrons. The molecule has 0 amide bonds. The Labute approximate surface area is 183 Å². The van der Waals surface area contributed by atoms with Gasteiger partial charge in [-0.25, -0.2) is 0 Å². The predicted octanol–water partition coefficient (Wildman–Crippen LogP) is 5.69. The zero-order valence-corrected chi connectivity index (χ0v) is 17.4. The van der Waals surface area contributed by atoms with Crippen LogP contribution in [0.4, 0.5) is 0 Å². The van der Waals surface area contributed by atoms with E-state index >= 15 is 0 Å². The number of methoxy groups -OCH3 is 1. The Hall–Kier alpha value is -3.83. The van der Waals surface area contributed by atoms with Gasteiger partial charge in [0.2, 0.25) is 0 Å². The van der Waals surface area contributed by atoms with E-state index in [0.29, 0.717) is 22.1 Å². The molecule has 0 radical (unpaired) electrons. The van der Waals surface area contributed by atoms with E-state index in [-0.39, 0.29) is 5.56 Å². The highest BCUT2D eigenvalue weighted by Gasteiger charge is 2.19. The van der Waals surface area contributed by atoms with Crippen LogP contribution in [-0.2, 0) is 0 Å². The minimum Gasteiger partial charge on any atom is -0.497 e. The van der Waals surface area contributed by atoms with Gasteiger partial charge in [-0.05, 0) is 47.5 Å². The summed E-state index contributed by atoms with van der Waals surface area (Å²) in [4.78, 5) is 16.4.